The molecule has 0 N–H and O–H groups in total. The summed E-state index contributed by atoms with van der Waals surface area (Å²) in [5, 5.41) is 0. The van der Waals surface area contributed by atoms with Gasteiger partial charge in [0.25, 0.3) is 0 Å². The zero-order valence-electron chi connectivity index (χ0n) is 30.1. The van der Waals surface area contributed by atoms with Gasteiger partial charge >= 0.3 is 295 Å². The molecule has 6 rings (SSSR count). The standard InChI is InChI=1S/C22H25.C19H19.C2H7Si.2ClH.Zr/c1-15(2)18-13-17-7-6-8-20(21(17)14-18)16-9-11-19(12-10-16)22(3,4)5;1-12-10-17-13(2)8-9-16(18(17)11-12)19-14(3)6-5-7-15(19)4;1-3-2;;;/h6-15H,1-5H3;5-11H,1-4H3;3H,1-2H3;2*1H;/q;;;;;+2/p-2. The molecule has 0 spiro atoms. The molecule has 0 aromatic heterocycles. The van der Waals surface area contributed by atoms with Gasteiger partial charge in [0.1, 0.15) is 0 Å². The van der Waals surface area contributed by atoms with Crippen LogP contribution in [0.5, 0.6) is 0 Å². The van der Waals surface area contributed by atoms with Gasteiger partial charge in [0.05, 0.1) is 0 Å². The number of hydrogen-bond acceptors (Lipinski definition) is 0. The number of aryl methyl sites for hydroxylation is 3. The van der Waals surface area contributed by atoms with E-state index in [0.717, 1.165) is 0 Å². The first-order chi connectivity index (χ1) is 22.0. The summed E-state index contributed by atoms with van der Waals surface area (Å²) in [4.78, 5) is 0. The first-order valence-corrected chi connectivity index (χ1v) is 33.7. The predicted molar refractivity (Wildman–Crippen MR) is 209 cm³/mol. The van der Waals surface area contributed by atoms with Gasteiger partial charge in [-0.25, -0.2) is 0 Å². The van der Waals surface area contributed by atoms with Crippen molar-refractivity contribution in [2.45, 2.75) is 88.1 Å². The van der Waals surface area contributed by atoms with Crippen molar-refractivity contribution in [2.24, 2.45) is 5.92 Å². The van der Waals surface area contributed by atoms with Crippen molar-refractivity contribution in [3.05, 3.63) is 128 Å². The Kier molecular flexibility index (Phi) is 9.00. The number of fused-ring (bicyclic) bond motifs is 2. The van der Waals surface area contributed by atoms with Gasteiger partial charge in [-0.3, -0.25) is 0 Å². The second kappa shape index (κ2) is 12.1. The van der Waals surface area contributed by atoms with Crippen LogP contribution in [-0.2, 0) is 21.0 Å². The van der Waals surface area contributed by atoms with Crippen LogP contribution in [0, 0.1) is 26.7 Å². The van der Waals surface area contributed by atoms with Crippen LogP contribution in [0.1, 0.15) is 93.3 Å². The monoisotopic (exact) mass is 755 g/mol. The molecule has 0 amide bonds. The molecule has 0 saturated carbocycles. The fourth-order valence-corrected chi connectivity index (χ4v) is 41.0. The molecule has 4 aromatic carbocycles. The molecule has 0 radical (unpaired) electrons. The maximum atomic E-state index is 8.69. The summed E-state index contributed by atoms with van der Waals surface area (Å²) in [7, 11) is 17.4. The third-order valence-electron chi connectivity index (χ3n) is 11.4. The van der Waals surface area contributed by atoms with Gasteiger partial charge in [-0.1, -0.05) is 0 Å². The van der Waals surface area contributed by atoms with E-state index in [2.05, 4.69) is 160 Å². The van der Waals surface area contributed by atoms with Gasteiger partial charge in [-0.2, -0.15) is 0 Å². The molecule has 0 fully saturated rings. The van der Waals surface area contributed by atoms with Gasteiger partial charge < -0.3 is 0 Å². The number of halogens is 2. The van der Waals surface area contributed by atoms with Crippen molar-refractivity contribution in [3.8, 4) is 22.3 Å². The van der Waals surface area contributed by atoms with E-state index in [0.29, 0.717) is 5.92 Å². The Morgan fingerprint density at radius 2 is 1.30 bits per heavy atom. The summed E-state index contributed by atoms with van der Waals surface area (Å²) in [6.07, 6.45) is 4.94. The molecule has 0 bridgehead atoms. The van der Waals surface area contributed by atoms with E-state index in [-0.39, 0.29) is 12.7 Å². The molecule has 0 nitrogen and oxygen atoms in total. The van der Waals surface area contributed by atoms with E-state index in [1.165, 1.54) is 77.9 Å². The van der Waals surface area contributed by atoms with Crippen LogP contribution >= 0.6 is 17.0 Å². The van der Waals surface area contributed by atoms with E-state index in [1.807, 2.05) is 0 Å². The summed E-state index contributed by atoms with van der Waals surface area (Å²) in [5.74, 6) is -1.30. The Morgan fingerprint density at radius 1 is 0.681 bits per heavy atom. The third-order valence-corrected chi connectivity index (χ3v) is 63.3. The summed E-state index contributed by atoms with van der Waals surface area (Å²) in [6, 6.07) is 27.4. The number of rotatable bonds is 6. The summed E-state index contributed by atoms with van der Waals surface area (Å²) < 4.78 is 0.163. The molecule has 0 saturated heterocycles. The minimum absolute atomic E-state index is 0.0813. The van der Waals surface area contributed by atoms with Crippen molar-refractivity contribution in [2.75, 3.05) is 0 Å². The molecule has 0 aliphatic heterocycles. The molecule has 47 heavy (non-hydrogen) atoms. The molecule has 2 unspecified atom stereocenters. The Hall–Kier alpha value is -1.96. The van der Waals surface area contributed by atoms with Gasteiger partial charge in [0.2, 0.25) is 0 Å². The van der Waals surface area contributed by atoms with Gasteiger partial charge in [-0.05, 0) is 0 Å². The third kappa shape index (κ3) is 5.49. The second-order valence-corrected chi connectivity index (χ2v) is 58.6. The molecule has 2 atom stereocenters. The second-order valence-electron chi connectivity index (χ2n) is 16.1. The van der Waals surface area contributed by atoms with Crippen LogP contribution in [0.25, 0.3) is 34.4 Å². The Morgan fingerprint density at radius 3 is 1.87 bits per heavy atom. The van der Waals surface area contributed by atoms with Crippen molar-refractivity contribution >= 4 is 35.1 Å². The Labute approximate surface area is 293 Å². The average Bonchev–Trinajstić information content (AvgIpc) is 3.58. The zero-order chi connectivity index (χ0) is 34.2. The average molecular weight is 758 g/mol. The van der Waals surface area contributed by atoms with Gasteiger partial charge in [-0.15, -0.1) is 0 Å². The van der Waals surface area contributed by atoms with Crippen LogP contribution in [0.2, 0.25) is 13.1 Å². The SMILES string of the molecule is CC1=Cc2c(-c3c(C)cccc3C)ccc(C)c2[CH]1[Zr]([Cl])([Cl])([CH]1C(C(C)C)=Cc2c(-c3ccc(C(C)(C)C)cc3)cccc21)[SiH](C)C. The summed E-state index contributed by atoms with van der Waals surface area (Å²) in [6.45, 7) is 25.5. The molecule has 4 aromatic rings. The van der Waals surface area contributed by atoms with Crippen molar-refractivity contribution in [3.63, 3.8) is 0 Å². The predicted octanol–water partition coefficient (Wildman–Crippen LogP) is 13.5. The van der Waals surface area contributed by atoms with Crippen molar-refractivity contribution < 1.29 is 15.6 Å². The number of benzene rings is 4. The summed E-state index contributed by atoms with van der Waals surface area (Å²) >= 11 is -4.85. The van der Waals surface area contributed by atoms with Crippen LogP contribution in [-0.4, -0.2) is 5.92 Å². The van der Waals surface area contributed by atoms with Crippen molar-refractivity contribution in [1.29, 1.82) is 0 Å². The minimum atomic E-state index is -4.85. The zero-order valence-corrected chi connectivity index (χ0v) is 35.3. The molecular formula is C43H51Cl2SiZr. The topological polar surface area (TPSA) is 0 Å². The number of hydrogen-bond donors (Lipinski definition) is 0. The van der Waals surface area contributed by atoms with E-state index in [4.69, 9.17) is 17.0 Å². The van der Waals surface area contributed by atoms with Crippen molar-refractivity contribution in [1.82, 2.24) is 0 Å². The van der Waals surface area contributed by atoms with Crippen LogP contribution in [0.15, 0.2) is 83.9 Å². The Bertz CT molecular complexity index is 1930. The summed E-state index contributed by atoms with van der Waals surface area (Å²) in [5.41, 5.74) is 18.8. The first kappa shape index (κ1) is 34.9. The molecule has 245 valence electrons. The van der Waals surface area contributed by atoms with E-state index in [1.54, 1.807) is 0 Å². The van der Waals surface area contributed by atoms with E-state index >= 15 is 0 Å². The van der Waals surface area contributed by atoms with E-state index in [9.17, 15) is 0 Å². The van der Waals surface area contributed by atoms with Gasteiger partial charge in [0.15, 0.2) is 0 Å². The van der Waals surface area contributed by atoms with Crippen LogP contribution in [0.4, 0.5) is 0 Å². The fraction of sp³-hybridized carbons (Fsp3) is 0.349. The first-order valence-electron chi connectivity index (χ1n) is 17.4. The van der Waals surface area contributed by atoms with E-state index < -0.39 is 21.5 Å². The molecule has 4 heteroatoms. The normalized spacial score (nSPS) is 18.6. The molecule has 2 aliphatic carbocycles. The Balaban J connectivity index is 1.59. The maximum absolute atomic E-state index is 8.69. The van der Waals surface area contributed by atoms with Gasteiger partial charge in [0, 0.05) is 0 Å². The van der Waals surface area contributed by atoms with Crippen LogP contribution < -0.4 is 0 Å². The molecule has 0 heterocycles. The molecular weight excluding hydrogens is 707 g/mol. The fourth-order valence-electron chi connectivity index (χ4n) is 8.77. The molecule has 2 aliphatic rings. The quantitative estimate of drug-likeness (QED) is 0.172. The number of allylic oxidation sites excluding steroid dienone is 2. The van der Waals surface area contributed by atoms with Crippen LogP contribution in [0.3, 0.4) is 0 Å².